The molecule has 0 radical (unpaired) electrons. The number of hydrogen-bond donors (Lipinski definition) is 0. The third kappa shape index (κ3) is 4.06. The fourth-order valence-corrected chi connectivity index (χ4v) is 4.74. The Hall–Kier alpha value is -2.20. The van der Waals surface area contributed by atoms with Gasteiger partial charge < -0.3 is 4.74 Å². The van der Waals surface area contributed by atoms with Gasteiger partial charge >= 0.3 is 0 Å². The number of nitrogens with zero attached hydrogens (tertiary/aromatic N) is 2. The summed E-state index contributed by atoms with van der Waals surface area (Å²) in [7, 11) is 0. The van der Waals surface area contributed by atoms with E-state index in [2.05, 4.69) is 40.2 Å². The molecule has 27 heavy (non-hydrogen) atoms. The van der Waals surface area contributed by atoms with Crippen LogP contribution < -0.4 is 4.74 Å². The Kier molecular flexibility index (Phi) is 5.53. The van der Waals surface area contributed by atoms with E-state index in [1.807, 2.05) is 19.1 Å². The average Bonchev–Trinajstić information content (AvgIpc) is 2.69. The number of ether oxygens (including phenoxy) is 1. The Morgan fingerprint density at radius 3 is 2.48 bits per heavy atom. The predicted molar refractivity (Wildman–Crippen MR) is 106 cm³/mol. The molecular formula is C23H28N2O2. The maximum Gasteiger partial charge on any atom is 0.213 e. The molecule has 2 aliphatic heterocycles. The molecule has 0 saturated carbocycles. The number of hydrogen-bond acceptors (Lipinski definition) is 4. The Balaban J connectivity index is 1.45. The molecule has 2 atom stereocenters. The van der Waals surface area contributed by atoms with E-state index in [-0.39, 0.29) is 11.7 Å². The highest BCUT2D eigenvalue weighted by atomic mass is 16.5. The molecule has 0 spiro atoms. The van der Waals surface area contributed by atoms with Gasteiger partial charge in [0, 0.05) is 42.4 Å². The number of carbonyl (C=O) groups excluding carboxylic acids is 1. The Labute approximate surface area is 161 Å². The van der Waals surface area contributed by atoms with E-state index in [1.54, 1.807) is 6.20 Å². The van der Waals surface area contributed by atoms with Crippen molar-refractivity contribution in [3.05, 3.63) is 59.8 Å². The van der Waals surface area contributed by atoms with Gasteiger partial charge in [0.25, 0.3) is 0 Å². The number of aromatic nitrogens is 1. The minimum Gasteiger partial charge on any atom is -0.478 e. The van der Waals surface area contributed by atoms with Crippen molar-refractivity contribution < 1.29 is 9.53 Å². The molecule has 142 valence electrons. The first-order valence-corrected chi connectivity index (χ1v) is 10.2. The highest BCUT2D eigenvalue weighted by Crippen LogP contribution is 2.39. The molecule has 2 aliphatic rings. The number of rotatable bonds is 6. The first-order valence-electron chi connectivity index (χ1n) is 10.2. The smallest absolute Gasteiger partial charge is 0.213 e. The number of Topliss-reactive ketones (excluding diaryl/α,β-unsaturated/α-hetero) is 1. The highest BCUT2D eigenvalue weighted by Gasteiger charge is 2.40. The molecule has 1 aromatic heterocycles. The van der Waals surface area contributed by atoms with Crippen molar-refractivity contribution in [2.75, 3.05) is 6.61 Å². The lowest BCUT2D eigenvalue weighted by Crippen LogP contribution is -2.52. The lowest BCUT2D eigenvalue weighted by Gasteiger charge is -2.48. The summed E-state index contributed by atoms with van der Waals surface area (Å²) in [5.74, 6) is 0.956. The standard InChI is InChI=1S/C23H28N2O2/c1-2-27-22-12-11-18(15-24-22)23(26)19-13-20-9-6-10-21(14-19)25(20)16-17-7-4-3-5-8-17/h3-5,7-8,11-12,15,19-21H,2,6,9-10,13-14,16H2,1H3. The lowest BCUT2D eigenvalue weighted by molar-refractivity contribution is 0.00905. The van der Waals surface area contributed by atoms with Crippen LogP contribution in [0.25, 0.3) is 0 Å². The van der Waals surface area contributed by atoms with Crippen molar-refractivity contribution in [1.82, 2.24) is 9.88 Å². The largest absolute Gasteiger partial charge is 0.478 e. The first kappa shape index (κ1) is 18.2. The first-order chi connectivity index (χ1) is 13.2. The number of ketones is 1. The molecule has 2 bridgehead atoms. The number of carbonyl (C=O) groups is 1. The topological polar surface area (TPSA) is 42.4 Å². The number of benzene rings is 1. The Bertz CT molecular complexity index is 746. The third-order valence-electron chi connectivity index (χ3n) is 6.02. The minimum absolute atomic E-state index is 0.118. The number of fused-ring (bicyclic) bond motifs is 2. The van der Waals surface area contributed by atoms with Crippen LogP contribution in [-0.2, 0) is 6.54 Å². The fraction of sp³-hybridized carbons (Fsp3) is 0.478. The maximum absolute atomic E-state index is 13.1. The summed E-state index contributed by atoms with van der Waals surface area (Å²) in [6.45, 7) is 3.52. The van der Waals surface area contributed by atoms with Crippen molar-refractivity contribution in [3.8, 4) is 5.88 Å². The second-order valence-corrected chi connectivity index (χ2v) is 7.75. The van der Waals surface area contributed by atoms with Gasteiger partial charge in [0.15, 0.2) is 5.78 Å². The van der Waals surface area contributed by atoms with E-state index in [1.165, 1.54) is 24.8 Å². The lowest BCUT2D eigenvalue weighted by atomic mass is 9.75. The Morgan fingerprint density at radius 2 is 1.85 bits per heavy atom. The van der Waals surface area contributed by atoms with E-state index in [0.29, 0.717) is 24.6 Å². The second-order valence-electron chi connectivity index (χ2n) is 7.75. The van der Waals surface area contributed by atoms with Crippen LogP contribution in [0.1, 0.15) is 54.9 Å². The quantitative estimate of drug-likeness (QED) is 0.708. The predicted octanol–water partition coefficient (Wildman–Crippen LogP) is 4.50. The molecule has 0 amide bonds. The van der Waals surface area contributed by atoms with E-state index in [0.717, 1.165) is 24.9 Å². The van der Waals surface area contributed by atoms with Crippen molar-refractivity contribution in [2.24, 2.45) is 5.92 Å². The van der Waals surface area contributed by atoms with Crippen molar-refractivity contribution in [1.29, 1.82) is 0 Å². The summed E-state index contributed by atoms with van der Waals surface area (Å²) in [5.41, 5.74) is 2.09. The zero-order valence-corrected chi connectivity index (χ0v) is 16.0. The molecule has 4 heteroatoms. The van der Waals surface area contributed by atoms with Gasteiger partial charge in [0.2, 0.25) is 5.88 Å². The molecule has 2 unspecified atom stereocenters. The van der Waals surface area contributed by atoms with E-state index in [9.17, 15) is 4.79 Å². The van der Waals surface area contributed by atoms with Gasteiger partial charge in [0.05, 0.1) is 6.61 Å². The molecule has 3 heterocycles. The van der Waals surface area contributed by atoms with Crippen molar-refractivity contribution >= 4 is 5.78 Å². The molecule has 4 nitrogen and oxygen atoms in total. The van der Waals surface area contributed by atoms with Crippen LogP contribution in [0.2, 0.25) is 0 Å². The second kappa shape index (κ2) is 8.22. The van der Waals surface area contributed by atoms with Crippen LogP contribution in [0, 0.1) is 5.92 Å². The molecule has 2 fully saturated rings. The van der Waals surface area contributed by atoms with E-state index >= 15 is 0 Å². The van der Waals surface area contributed by atoms with Gasteiger partial charge in [-0.05, 0) is 44.2 Å². The normalized spacial score (nSPS) is 25.1. The molecule has 2 aromatic rings. The van der Waals surface area contributed by atoms with Crippen molar-refractivity contribution in [3.63, 3.8) is 0 Å². The number of piperidine rings is 2. The number of pyridine rings is 1. The van der Waals surface area contributed by atoms with Crippen LogP contribution >= 0.6 is 0 Å². The van der Waals surface area contributed by atoms with Crippen molar-refractivity contribution in [2.45, 2.75) is 57.7 Å². The average molecular weight is 364 g/mol. The van der Waals surface area contributed by atoms with Crippen LogP contribution in [0.3, 0.4) is 0 Å². The monoisotopic (exact) mass is 364 g/mol. The third-order valence-corrected chi connectivity index (χ3v) is 6.02. The van der Waals surface area contributed by atoms with Gasteiger partial charge in [-0.1, -0.05) is 36.8 Å². The molecule has 0 N–H and O–H groups in total. The maximum atomic E-state index is 13.1. The molecule has 4 rings (SSSR count). The zero-order valence-electron chi connectivity index (χ0n) is 16.0. The van der Waals surface area contributed by atoms with Gasteiger partial charge in [-0.25, -0.2) is 4.98 Å². The van der Waals surface area contributed by atoms with Gasteiger partial charge in [-0.3, -0.25) is 9.69 Å². The van der Waals surface area contributed by atoms with Crippen LogP contribution in [0.4, 0.5) is 0 Å². The fourth-order valence-electron chi connectivity index (χ4n) is 4.74. The zero-order chi connectivity index (χ0) is 18.6. The van der Waals surface area contributed by atoms with E-state index < -0.39 is 0 Å². The summed E-state index contributed by atoms with van der Waals surface area (Å²) < 4.78 is 5.39. The van der Waals surface area contributed by atoms with Gasteiger partial charge in [0.1, 0.15) is 0 Å². The summed E-state index contributed by atoms with van der Waals surface area (Å²) in [4.78, 5) is 20.0. The highest BCUT2D eigenvalue weighted by molar-refractivity contribution is 5.97. The summed E-state index contributed by atoms with van der Waals surface area (Å²) in [6.07, 6.45) is 7.31. The van der Waals surface area contributed by atoms with E-state index in [4.69, 9.17) is 4.74 Å². The SMILES string of the molecule is CCOc1ccc(C(=O)C2CC3CCCC(C2)N3Cc2ccccc2)cn1. The minimum atomic E-state index is 0.118. The van der Waals surface area contributed by atoms with Crippen LogP contribution in [0.15, 0.2) is 48.7 Å². The van der Waals surface area contributed by atoms with Gasteiger partial charge in [-0.15, -0.1) is 0 Å². The molecular weight excluding hydrogens is 336 g/mol. The van der Waals surface area contributed by atoms with Crippen LogP contribution in [0.5, 0.6) is 5.88 Å². The molecule has 1 aromatic carbocycles. The summed E-state index contributed by atoms with van der Waals surface area (Å²) in [6, 6.07) is 15.4. The Morgan fingerprint density at radius 1 is 1.11 bits per heavy atom. The summed E-state index contributed by atoms with van der Waals surface area (Å²) in [5, 5.41) is 0. The van der Waals surface area contributed by atoms with Gasteiger partial charge in [-0.2, -0.15) is 0 Å². The van der Waals surface area contributed by atoms with Crippen LogP contribution in [-0.4, -0.2) is 34.4 Å². The summed E-state index contributed by atoms with van der Waals surface area (Å²) >= 11 is 0. The molecule has 0 aliphatic carbocycles. The molecule has 2 saturated heterocycles.